The maximum absolute atomic E-state index is 11.2. The average Bonchev–Trinajstić information content (AvgIpc) is 2.59. The molecule has 1 heterocycles. The summed E-state index contributed by atoms with van der Waals surface area (Å²) in [4.78, 5) is 13.8. The van der Waals surface area contributed by atoms with E-state index in [0.29, 0.717) is 5.82 Å². The van der Waals surface area contributed by atoms with Crippen molar-refractivity contribution in [3.8, 4) is 11.4 Å². The van der Waals surface area contributed by atoms with Crippen molar-refractivity contribution in [1.82, 2.24) is 14.8 Å². The largest absolute Gasteiger partial charge is 0.392 e. The maximum atomic E-state index is 11.2. The molecule has 78 valence electrons. The number of aryl methyl sites for hydroxylation is 1. The zero-order chi connectivity index (χ0) is 10.8. The van der Waals surface area contributed by atoms with Gasteiger partial charge in [0.15, 0.2) is 5.82 Å². The number of aliphatic hydroxyl groups excluding tert-OH is 1. The van der Waals surface area contributed by atoms with Gasteiger partial charge in [0.1, 0.15) is 0 Å². The molecule has 0 aliphatic carbocycles. The molecule has 0 bridgehead atoms. The first kappa shape index (κ1) is 9.67. The van der Waals surface area contributed by atoms with Gasteiger partial charge in [0.25, 0.3) is 0 Å². The Kier molecular flexibility index (Phi) is 2.39. The summed E-state index contributed by atoms with van der Waals surface area (Å²) in [6, 6.07) is 7.27. The van der Waals surface area contributed by atoms with Gasteiger partial charge in [0.05, 0.1) is 6.61 Å². The number of H-pyrrole nitrogens is 1. The van der Waals surface area contributed by atoms with Crippen LogP contribution >= 0.6 is 0 Å². The van der Waals surface area contributed by atoms with Gasteiger partial charge in [0.2, 0.25) is 0 Å². The van der Waals surface area contributed by atoms with Crippen LogP contribution in [0.15, 0.2) is 29.1 Å². The minimum atomic E-state index is -0.266. The van der Waals surface area contributed by atoms with E-state index in [4.69, 9.17) is 5.11 Å². The van der Waals surface area contributed by atoms with E-state index in [1.54, 1.807) is 13.1 Å². The van der Waals surface area contributed by atoms with Crippen molar-refractivity contribution < 1.29 is 5.11 Å². The molecule has 0 aliphatic rings. The van der Waals surface area contributed by atoms with Crippen molar-refractivity contribution in [2.45, 2.75) is 6.61 Å². The molecule has 0 saturated heterocycles. The summed E-state index contributed by atoms with van der Waals surface area (Å²) < 4.78 is 1.23. The fourth-order valence-corrected chi connectivity index (χ4v) is 1.41. The highest BCUT2D eigenvalue weighted by molar-refractivity contribution is 5.59. The molecule has 1 aromatic heterocycles. The monoisotopic (exact) mass is 205 g/mol. The topological polar surface area (TPSA) is 70.9 Å². The zero-order valence-electron chi connectivity index (χ0n) is 8.27. The highest BCUT2D eigenvalue weighted by Crippen LogP contribution is 2.18. The molecule has 0 saturated carbocycles. The second-order valence-corrected chi connectivity index (χ2v) is 3.22. The first-order valence-corrected chi connectivity index (χ1v) is 4.55. The molecule has 0 fully saturated rings. The summed E-state index contributed by atoms with van der Waals surface area (Å²) in [5.74, 6) is 0.479. The van der Waals surface area contributed by atoms with E-state index in [1.807, 2.05) is 18.2 Å². The van der Waals surface area contributed by atoms with Gasteiger partial charge in [-0.3, -0.25) is 4.98 Å². The lowest BCUT2D eigenvalue weighted by Gasteiger charge is -2.02. The first-order valence-electron chi connectivity index (χ1n) is 4.55. The summed E-state index contributed by atoms with van der Waals surface area (Å²) in [6.07, 6.45) is 0. The lowest BCUT2D eigenvalue weighted by molar-refractivity contribution is 0.282. The van der Waals surface area contributed by atoms with Gasteiger partial charge < -0.3 is 5.11 Å². The van der Waals surface area contributed by atoms with Crippen LogP contribution in [-0.4, -0.2) is 19.9 Å². The number of aliphatic hydroxyl groups is 1. The van der Waals surface area contributed by atoms with Gasteiger partial charge in [0, 0.05) is 12.6 Å². The normalized spacial score (nSPS) is 10.5. The Morgan fingerprint density at radius 3 is 2.80 bits per heavy atom. The number of nitrogens with zero attached hydrogens (tertiary/aromatic N) is 2. The van der Waals surface area contributed by atoms with E-state index in [2.05, 4.69) is 10.1 Å². The molecule has 0 amide bonds. The Morgan fingerprint density at radius 2 is 2.20 bits per heavy atom. The summed E-state index contributed by atoms with van der Waals surface area (Å²) in [7, 11) is 1.57. The van der Waals surface area contributed by atoms with Gasteiger partial charge in [-0.05, 0) is 5.56 Å². The quantitative estimate of drug-likeness (QED) is 0.739. The van der Waals surface area contributed by atoms with Crippen molar-refractivity contribution in [2.75, 3.05) is 0 Å². The minimum Gasteiger partial charge on any atom is -0.392 e. The molecule has 1 aromatic carbocycles. The highest BCUT2D eigenvalue weighted by Gasteiger charge is 2.08. The van der Waals surface area contributed by atoms with Gasteiger partial charge >= 0.3 is 5.69 Å². The number of rotatable bonds is 2. The standard InChI is InChI=1S/C10H11N3O2/c1-13-10(15)11-9(12-13)8-5-3-2-4-7(8)6-14/h2-5,14H,6H2,1H3,(H,11,12,15). The number of nitrogens with one attached hydrogen (secondary N) is 1. The van der Waals surface area contributed by atoms with Crippen molar-refractivity contribution in [3.05, 3.63) is 40.3 Å². The molecule has 5 nitrogen and oxygen atoms in total. The predicted octanol–water partition coefficient (Wildman–Crippen LogP) is 0.268. The van der Waals surface area contributed by atoms with Gasteiger partial charge in [-0.1, -0.05) is 24.3 Å². The average molecular weight is 205 g/mol. The van der Waals surface area contributed by atoms with E-state index in [-0.39, 0.29) is 12.3 Å². The molecular formula is C10H11N3O2. The molecule has 0 unspecified atom stereocenters. The van der Waals surface area contributed by atoms with Crippen LogP contribution in [0.4, 0.5) is 0 Å². The first-order chi connectivity index (χ1) is 7.22. The van der Waals surface area contributed by atoms with Crippen LogP contribution in [-0.2, 0) is 13.7 Å². The molecule has 15 heavy (non-hydrogen) atoms. The van der Waals surface area contributed by atoms with Crippen LogP contribution in [0.3, 0.4) is 0 Å². The molecular weight excluding hydrogens is 194 g/mol. The Balaban J connectivity index is 2.58. The molecule has 0 radical (unpaired) electrons. The summed E-state index contributed by atoms with van der Waals surface area (Å²) >= 11 is 0. The minimum absolute atomic E-state index is 0.0746. The third-order valence-corrected chi connectivity index (χ3v) is 2.21. The Hall–Kier alpha value is -1.88. The number of benzene rings is 1. The number of hydrogen-bond acceptors (Lipinski definition) is 3. The lowest BCUT2D eigenvalue weighted by atomic mass is 10.1. The lowest BCUT2D eigenvalue weighted by Crippen LogP contribution is -2.13. The second kappa shape index (κ2) is 3.70. The van der Waals surface area contributed by atoms with Crippen LogP contribution in [0.1, 0.15) is 5.56 Å². The molecule has 2 aromatic rings. The van der Waals surface area contributed by atoms with Crippen LogP contribution in [0.25, 0.3) is 11.4 Å². The number of aromatic nitrogens is 3. The molecule has 2 rings (SSSR count). The van der Waals surface area contributed by atoms with Gasteiger partial charge in [-0.2, -0.15) is 5.10 Å². The van der Waals surface area contributed by atoms with Crippen molar-refractivity contribution in [3.63, 3.8) is 0 Å². The Morgan fingerprint density at radius 1 is 1.47 bits per heavy atom. The number of aromatic amines is 1. The highest BCUT2D eigenvalue weighted by atomic mass is 16.3. The zero-order valence-corrected chi connectivity index (χ0v) is 8.27. The molecule has 0 atom stereocenters. The molecule has 5 heteroatoms. The number of hydrogen-bond donors (Lipinski definition) is 2. The molecule has 2 N–H and O–H groups in total. The Labute approximate surface area is 86.0 Å². The summed E-state index contributed by atoms with van der Waals surface area (Å²) in [5, 5.41) is 13.2. The van der Waals surface area contributed by atoms with Crippen molar-refractivity contribution in [1.29, 1.82) is 0 Å². The summed E-state index contributed by atoms with van der Waals surface area (Å²) in [5.41, 5.74) is 1.22. The predicted molar refractivity (Wildman–Crippen MR) is 55.2 cm³/mol. The van der Waals surface area contributed by atoms with Crippen molar-refractivity contribution >= 4 is 0 Å². The Bertz CT molecular complexity index is 527. The van der Waals surface area contributed by atoms with Crippen LogP contribution < -0.4 is 5.69 Å². The van der Waals surface area contributed by atoms with E-state index in [1.165, 1.54) is 4.68 Å². The van der Waals surface area contributed by atoms with Gasteiger partial charge in [-0.25, -0.2) is 9.48 Å². The summed E-state index contributed by atoms with van der Waals surface area (Å²) in [6.45, 7) is -0.0746. The van der Waals surface area contributed by atoms with Crippen molar-refractivity contribution in [2.24, 2.45) is 7.05 Å². The fourth-order valence-electron chi connectivity index (χ4n) is 1.41. The molecule has 0 spiro atoms. The van der Waals surface area contributed by atoms with E-state index in [9.17, 15) is 4.79 Å². The second-order valence-electron chi connectivity index (χ2n) is 3.22. The van der Waals surface area contributed by atoms with Crippen LogP contribution in [0.2, 0.25) is 0 Å². The smallest absolute Gasteiger partial charge is 0.343 e. The third-order valence-electron chi connectivity index (χ3n) is 2.21. The van der Waals surface area contributed by atoms with Gasteiger partial charge in [-0.15, -0.1) is 0 Å². The van der Waals surface area contributed by atoms with Crippen LogP contribution in [0.5, 0.6) is 0 Å². The molecule has 0 aliphatic heterocycles. The van der Waals surface area contributed by atoms with E-state index >= 15 is 0 Å². The SMILES string of the molecule is Cn1nc(-c2ccccc2CO)[nH]c1=O. The fraction of sp³-hybridized carbons (Fsp3) is 0.200. The van der Waals surface area contributed by atoms with E-state index < -0.39 is 0 Å². The third kappa shape index (κ3) is 1.69. The van der Waals surface area contributed by atoms with Crippen LogP contribution in [0, 0.1) is 0 Å². The van der Waals surface area contributed by atoms with E-state index in [0.717, 1.165) is 11.1 Å². The maximum Gasteiger partial charge on any atom is 0.343 e.